The van der Waals surface area contributed by atoms with Crippen molar-refractivity contribution in [1.82, 2.24) is 15.6 Å². The predicted molar refractivity (Wildman–Crippen MR) is 113 cm³/mol. The number of rotatable bonds is 12. The highest BCUT2D eigenvalue weighted by Gasteiger charge is 2.07. The molecular weight excluding hydrogens is 338 g/mol. The summed E-state index contributed by atoms with van der Waals surface area (Å²) in [5, 5.41) is 9.07. The Hall–Kier alpha value is -2.24. The van der Waals surface area contributed by atoms with Gasteiger partial charge in [-0.25, -0.2) is 0 Å². The molecular formula is C22H31N3O2. The molecule has 0 aliphatic heterocycles. The summed E-state index contributed by atoms with van der Waals surface area (Å²) in [6.45, 7) is 9.48. The highest BCUT2D eigenvalue weighted by Crippen LogP contribution is 2.30. The lowest BCUT2D eigenvalue weighted by molar-refractivity contribution is 0.314. The van der Waals surface area contributed by atoms with Crippen LogP contribution in [0.4, 0.5) is 0 Å². The fourth-order valence-corrected chi connectivity index (χ4v) is 3.13. The van der Waals surface area contributed by atoms with E-state index in [1.807, 2.05) is 12.1 Å². The number of nitrogens with one attached hydrogen (secondary N) is 3. The molecule has 0 bridgehead atoms. The molecule has 0 aliphatic rings. The number of ether oxygens (including phenoxy) is 2. The first-order valence-electron chi connectivity index (χ1n) is 10.0. The fourth-order valence-electron chi connectivity index (χ4n) is 3.13. The van der Waals surface area contributed by atoms with Crippen molar-refractivity contribution in [2.75, 3.05) is 39.4 Å². The van der Waals surface area contributed by atoms with Crippen molar-refractivity contribution in [2.24, 2.45) is 0 Å². The standard InChI is InChI=1S/C22H31N3O2/c1-3-9-23-11-13-26-17-6-8-21-20(15-17)19-7-5-18(16-22(19)25-21)27-14-12-24-10-4-2/h5-8,15-16,23-25H,3-4,9-14H2,1-2H3. The summed E-state index contributed by atoms with van der Waals surface area (Å²) in [5.41, 5.74) is 2.20. The molecule has 0 fully saturated rings. The normalized spacial score (nSPS) is 11.3. The zero-order chi connectivity index (χ0) is 18.9. The van der Waals surface area contributed by atoms with Gasteiger partial charge in [0.1, 0.15) is 24.7 Å². The van der Waals surface area contributed by atoms with Crippen LogP contribution in [0.25, 0.3) is 21.8 Å². The van der Waals surface area contributed by atoms with Crippen molar-refractivity contribution >= 4 is 21.8 Å². The van der Waals surface area contributed by atoms with Crippen molar-refractivity contribution in [3.05, 3.63) is 36.4 Å². The molecule has 5 heteroatoms. The van der Waals surface area contributed by atoms with Gasteiger partial charge in [0.05, 0.1) is 5.52 Å². The maximum absolute atomic E-state index is 5.88. The first-order valence-corrected chi connectivity index (χ1v) is 10.0. The van der Waals surface area contributed by atoms with E-state index in [2.05, 4.69) is 53.7 Å². The Morgan fingerprint density at radius 2 is 1.33 bits per heavy atom. The highest BCUT2D eigenvalue weighted by molar-refractivity contribution is 6.08. The number of fused-ring (bicyclic) bond motifs is 3. The Kier molecular flexibility index (Phi) is 7.36. The molecule has 2 aromatic carbocycles. The minimum Gasteiger partial charge on any atom is -0.492 e. The topological polar surface area (TPSA) is 58.3 Å². The molecule has 0 saturated heterocycles. The number of benzene rings is 2. The van der Waals surface area contributed by atoms with E-state index >= 15 is 0 Å². The second-order valence-electron chi connectivity index (χ2n) is 6.74. The lowest BCUT2D eigenvalue weighted by atomic mass is 10.1. The Labute approximate surface area is 161 Å². The van der Waals surface area contributed by atoms with Gasteiger partial charge in [-0.05, 0) is 56.3 Å². The van der Waals surface area contributed by atoms with Crippen molar-refractivity contribution in [3.8, 4) is 11.5 Å². The van der Waals surface area contributed by atoms with Crippen LogP contribution in [-0.2, 0) is 0 Å². The van der Waals surface area contributed by atoms with Crippen LogP contribution in [0.3, 0.4) is 0 Å². The van der Waals surface area contributed by atoms with Gasteiger partial charge in [0.25, 0.3) is 0 Å². The summed E-state index contributed by atoms with van der Waals surface area (Å²) in [4.78, 5) is 3.48. The third-order valence-electron chi connectivity index (χ3n) is 4.49. The number of H-pyrrole nitrogens is 1. The van der Waals surface area contributed by atoms with E-state index in [1.165, 1.54) is 10.8 Å². The Morgan fingerprint density at radius 1 is 0.704 bits per heavy atom. The SMILES string of the molecule is CCCNCCOc1ccc2c(c1)[nH]c1ccc(OCCNCCC)cc12. The molecule has 5 nitrogen and oxygen atoms in total. The quantitative estimate of drug-likeness (QED) is 0.421. The summed E-state index contributed by atoms with van der Waals surface area (Å²) < 4.78 is 11.7. The van der Waals surface area contributed by atoms with Gasteiger partial charge in [-0.1, -0.05) is 13.8 Å². The third-order valence-corrected chi connectivity index (χ3v) is 4.49. The summed E-state index contributed by atoms with van der Waals surface area (Å²) in [7, 11) is 0. The van der Waals surface area contributed by atoms with Crippen molar-refractivity contribution in [2.45, 2.75) is 26.7 Å². The second kappa shape index (κ2) is 10.2. The molecule has 1 heterocycles. The molecule has 0 atom stereocenters. The fraction of sp³-hybridized carbons (Fsp3) is 0.455. The molecule has 3 N–H and O–H groups in total. The Balaban J connectivity index is 1.65. The number of aromatic amines is 1. The van der Waals surface area contributed by atoms with Crippen LogP contribution in [0.2, 0.25) is 0 Å². The van der Waals surface area contributed by atoms with E-state index in [4.69, 9.17) is 9.47 Å². The summed E-state index contributed by atoms with van der Waals surface area (Å²) in [6.07, 6.45) is 2.28. The zero-order valence-corrected chi connectivity index (χ0v) is 16.4. The maximum atomic E-state index is 5.88. The van der Waals surface area contributed by atoms with Crippen LogP contribution in [-0.4, -0.2) is 44.4 Å². The van der Waals surface area contributed by atoms with E-state index < -0.39 is 0 Å². The second-order valence-corrected chi connectivity index (χ2v) is 6.74. The van der Waals surface area contributed by atoms with Crippen molar-refractivity contribution in [3.63, 3.8) is 0 Å². The summed E-state index contributed by atoms with van der Waals surface area (Å²) in [6, 6.07) is 12.5. The first-order chi connectivity index (χ1) is 13.3. The molecule has 0 spiro atoms. The van der Waals surface area contributed by atoms with Gasteiger partial charge in [0.15, 0.2) is 0 Å². The van der Waals surface area contributed by atoms with Crippen LogP contribution in [0.5, 0.6) is 11.5 Å². The lowest BCUT2D eigenvalue weighted by Crippen LogP contribution is -2.21. The summed E-state index contributed by atoms with van der Waals surface area (Å²) in [5.74, 6) is 1.80. The highest BCUT2D eigenvalue weighted by atomic mass is 16.5. The molecule has 1 aromatic heterocycles. The van der Waals surface area contributed by atoms with Crippen LogP contribution < -0.4 is 20.1 Å². The molecule has 0 aliphatic carbocycles. The zero-order valence-electron chi connectivity index (χ0n) is 16.4. The van der Waals surface area contributed by atoms with E-state index in [-0.39, 0.29) is 0 Å². The van der Waals surface area contributed by atoms with Crippen LogP contribution >= 0.6 is 0 Å². The largest absolute Gasteiger partial charge is 0.492 e. The van der Waals surface area contributed by atoms with E-state index in [1.54, 1.807) is 0 Å². The third kappa shape index (κ3) is 5.37. The van der Waals surface area contributed by atoms with Crippen LogP contribution in [0.15, 0.2) is 36.4 Å². The first kappa shape index (κ1) is 19.5. The monoisotopic (exact) mass is 369 g/mol. The number of hydrogen-bond donors (Lipinski definition) is 3. The van der Waals surface area contributed by atoms with Gasteiger partial charge >= 0.3 is 0 Å². The van der Waals surface area contributed by atoms with E-state index in [0.717, 1.165) is 61.6 Å². The number of hydrogen-bond acceptors (Lipinski definition) is 4. The number of aromatic nitrogens is 1. The van der Waals surface area contributed by atoms with Crippen LogP contribution in [0, 0.1) is 0 Å². The minimum absolute atomic E-state index is 0.676. The molecule has 3 aromatic rings. The van der Waals surface area contributed by atoms with Crippen LogP contribution in [0.1, 0.15) is 26.7 Å². The molecule has 3 rings (SSSR count). The smallest absolute Gasteiger partial charge is 0.121 e. The average molecular weight is 370 g/mol. The average Bonchev–Trinajstić information content (AvgIpc) is 3.05. The molecule has 0 saturated carbocycles. The van der Waals surface area contributed by atoms with Gasteiger partial charge < -0.3 is 25.1 Å². The lowest BCUT2D eigenvalue weighted by Gasteiger charge is -2.07. The Morgan fingerprint density at radius 3 is 2.00 bits per heavy atom. The molecule has 146 valence electrons. The van der Waals surface area contributed by atoms with Crippen molar-refractivity contribution in [1.29, 1.82) is 0 Å². The molecule has 27 heavy (non-hydrogen) atoms. The van der Waals surface area contributed by atoms with E-state index in [9.17, 15) is 0 Å². The van der Waals surface area contributed by atoms with Gasteiger partial charge in [0, 0.05) is 35.4 Å². The molecule has 0 amide bonds. The molecule has 0 unspecified atom stereocenters. The maximum Gasteiger partial charge on any atom is 0.121 e. The van der Waals surface area contributed by atoms with Gasteiger partial charge in [-0.2, -0.15) is 0 Å². The molecule has 0 radical (unpaired) electrons. The predicted octanol–water partition coefficient (Wildman–Crippen LogP) is 4.08. The summed E-state index contributed by atoms with van der Waals surface area (Å²) >= 11 is 0. The Bertz CT molecular complexity index is 844. The van der Waals surface area contributed by atoms with Crippen molar-refractivity contribution < 1.29 is 9.47 Å². The van der Waals surface area contributed by atoms with E-state index in [0.29, 0.717) is 13.2 Å². The van der Waals surface area contributed by atoms with Gasteiger partial charge in [-0.15, -0.1) is 0 Å². The van der Waals surface area contributed by atoms with Gasteiger partial charge in [0.2, 0.25) is 0 Å². The van der Waals surface area contributed by atoms with Gasteiger partial charge in [-0.3, -0.25) is 0 Å². The minimum atomic E-state index is 0.676.